The number of benzene rings is 4. The smallest absolute Gasteiger partial charge is 0.249 e. The van der Waals surface area contributed by atoms with Crippen molar-refractivity contribution < 1.29 is 34.0 Å². The van der Waals surface area contributed by atoms with Crippen LogP contribution in [0.25, 0.3) is 0 Å². The molecule has 4 aromatic rings. The van der Waals surface area contributed by atoms with Crippen molar-refractivity contribution in [1.29, 1.82) is 0 Å². The molecule has 10 nitrogen and oxygen atoms in total. The largest absolute Gasteiger partial charge is 0.497 e. The summed E-state index contributed by atoms with van der Waals surface area (Å²) in [4.78, 5) is 32.1. The zero-order valence-electron chi connectivity index (χ0n) is 35.9. The molecule has 320 valence electrons. The molecule has 1 fully saturated rings. The Hall–Kier alpha value is -4.52. The number of aliphatic hydroxyl groups excluding tert-OH is 2. The zero-order valence-corrected chi connectivity index (χ0v) is 36.9. The number of hydrogen-bond donors (Lipinski definition) is 3. The lowest BCUT2D eigenvalue weighted by atomic mass is 9.93. The van der Waals surface area contributed by atoms with E-state index in [1.165, 1.54) is 10.8 Å². The molecule has 0 radical (unpaired) electrons. The molecular weight excluding hydrogens is 771 g/mol. The minimum absolute atomic E-state index is 0.00549. The van der Waals surface area contributed by atoms with E-state index < -0.39 is 8.07 Å². The first-order chi connectivity index (χ1) is 29.1. The average Bonchev–Trinajstić information content (AvgIpc) is 3.58. The highest BCUT2D eigenvalue weighted by atomic mass is 28.3. The van der Waals surface area contributed by atoms with Gasteiger partial charge >= 0.3 is 0 Å². The van der Waals surface area contributed by atoms with Crippen LogP contribution < -0.4 is 24.9 Å². The predicted molar refractivity (Wildman–Crippen MR) is 239 cm³/mol. The Bertz CT molecular complexity index is 2080. The molecule has 2 amide bonds. The molecule has 3 N–H and O–H groups in total. The van der Waals surface area contributed by atoms with E-state index in [0.29, 0.717) is 39.0 Å². The van der Waals surface area contributed by atoms with Gasteiger partial charge in [0.2, 0.25) is 11.8 Å². The average molecular weight is 834 g/mol. The lowest BCUT2D eigenvalue weighted by molar-refractivity contribution is -0.138. The van der Waals surface area contributed by atoms with Crippen LogP contribution >= 0.6 is 0 Å². The number of hydrogen-bond acceptors (Lipinski definition) is 8. The lowest BCUT2D eigenvalue weighted by Gasteiger charge is -2.39. The van der Waals surface area contributed by atoms with Crippen LogP contribution in [-0.4, -0.2) is 92.8 Å². The summed E-state index contributed by atoms with van der Waals surface area (Å²) in [5.74, 6) is 1.87. The van der Waals surface area contributed by atoms with E-state index in [1.54, 1.807) is 7.11 Å². The maximum Gasteiger partial charge on any atom is 0.249 e. The minimum Gasteiger partial charge on any atom is -0.497 e. The number of carbonyl (C=O) groups excluding carboxylic acids is 2. The van der Waals surface area contributed by atoms with E-state index in [4.69, 9.17) is 14.2 Å². The van der Waals surface area contributed by atoms with Crippen molar-refractivity contribution in [3.63, 3.8) is 0 Å². The number of methoxy groups -OCH3 is 1. The van der Waals surface area contributed by atoms with E-state index in [-0.39, 0.29) is 67.2 Å². The third-order valence-electron chi connectivity index (χ3n) is 13.3. The molecule has 7 rings (SSSR count). The molecule has 0 saturated carbocycles. The number of aliphatic hydroxyl groups is 2. The fraction of sp³-hybridized carbons (Fsp3) is 0.469. The monoisotopic (exact) mass is 833 g/mol. The molecule has 0 aromatic heterocycles. The Morgan fingerprint density at radius 2 is 1.63 bits per heavy atom. The third-order valence-corrected chi connectivity index (χ3v) is 17.7. The van der Waals surface area contributed by atoms with Crippen LogP contribution in [0, 0.1) is 5.92 Å². The second-order valence-corrected chi connectivity index (χ2v) is 22.0. The van der Waals surface area contributed by atoms with E-state index in [0.717, 1.165) is 58.8 Å². The number of nitrogens with one attached hydrogen (secondary N) is 1. The molecule has 3 heterocycles. The van der Waals surface area contributed by atoms with E-state index >= 15 is 0 Å². The molecule has 3 aliphatic heterocycles. The summed E-state index contributed by atoms with van der Waals surface area (Å²) < 4.78 is 18.3. The standard InChI is InChI=1S/C49H63N3O7Si/c1-6-58-41-20-23-44-37(28-41)29-43(50-25-9-10-26-53)49(56)52(44)38-16-13-34(14-17-38)15-24-45-33(2)48(60(4,5)42-21-18-40(57-3)19-22-42)46(59-45)30-47(55)51-31-36-12-8-7-11-35(36)27-39(51)32-54/h7-8,11-14,16-23,28,33,39,43,45-46,48,50,53-54H,6,9-10,15,24-27,29-32H2,1-5H3/t33-,39+,43?,45+,46-,48+/m1/s1. The Labute approximate surface area is 356 Å². The van der Waals surface area contributed by atoms with Gasteiger partial charge in [-0.25, -0.2) is 0 Å². The van der Waals surface area contributed by atoms with Crippen molar-refractivity contribution in [2.45, 2.75) is 108 Å². The maximum atomic E-state index is 14.3. The van der Waals surface area contributed by atoms with Crippen LogP contribution in [0.3, 0.4) is 0 Å². The maximum absolute atomic E-state index is 14.3. The molecule has 60 heavy (non-hydrogen) atoms. The molecule has 6 atom stereocenters. The first kappa shape index (κ1) is 43.6. The molecule has 0 spiro atoms. The quantitative estimate of drug-likeness (QED) is 0.0795. The van der Waals surface area contributed by atoms with Gasteiger partial charge in [0.15, 0.2) is 0 Å². The number of rotatable bonds is 17. The number of ether oxygens (including phenoxy) is 3. The Balaban J connectivity index is 1.09. The van der Waals surface area contributed by atoms with Crippen molar-refractivity contribution in [3.8, 4) is 11.5 Å². The Kier molecular flexibility index (Phi) is 14.1. The molecule has 1 saturated heterocycles. The number of anilines is 2. The van der Waals surface area contributed by atoms with Gasteiger partial charge in [0.1, 0.15) is 11.5 Å². The number of aryl methyl sites for hydroxylation is 1. The van der Waals surface area contributed by atoms with Crippen LogP contribution in [0.4, 0.5) is 11.4 Å². The summed E-state index contributed by atoms with van der Waals surface area (Å²) in [6.45, 7) is 10.8. The molecule has 4 aromatic carbocycles. The summed E-state index contributed by atoms with van der Waals surface area (Å²) in [7, 11) is -0.524. The fourth-order valence-electron chi connectivity index (χ4n) is 10.0. The van der Waals surface area contributed by atoms with Gasteiger partial charge in [0.25, 0.3) is 0 Å². The number of fused-ring (bicyclic) bond motifs is 2. The normalized spacial score (nSPS) is 22.7. The number of amides is 2. The Morgan fingerprint density at radius 1 is 0.900 bits per heavy atom. The van der Waals surface area contributed by atoms with Crippen LogP contribution in [0.2, 0.25) is 18.6 Å². The summed E-state index contributed by atoms with van der Waals surface area (Å²) in [5.41, 5.74) is 6.41. The predicted octanol–water partition coefficient (Wildman–Crippen LogP) is 6.70. The molecular formula is C49H63N3O7Si. The second-order valence-electron chi connectivity index (χ2n) is 17.3. The van der Waals surface area contributed by atoms with Gasteiger partial charge < -0.3 is 34.6 Å². The minimum atomic E-state index is -2.21. The highest BCUT2D eigenvalue weighted by molar-refractivity contribution is 6.91. The van der Waals surface area contributed by atoms with Crippen LogP contribution in [0.5, 0.6) is 11.5 Å². The van der Waals surface area contributed by atoms with Gasteiger partial charge in [-0.3, -0.25) is 14.5 Å². The highest BCUT2D eigenvalue weighted by Crippen LogP contribution is 2.47. The molecule has 1 unspecified atom stereocenters. The van der Waals surface area contributed by atoms with Gasteiger partial charge in [0.05, 0.1) is 64.8 Å². The Morgan fingerprint density at radius 3 is 2.33 bits per heavy atom. The first-order valence-corrected chi connectivity index (χ1v) is 24.9. The van der Waals surface area contributed by atoms with Crippen molar-refractivity contribution >= 4 is 36.4 Å². The van der Waals surface area contributed by atoms with Crippen LogP contribution in [0.15, 0.2) is 91.0 Å². The van der Waals surface area contributed by atoms with Gasteiger partial charge in [0, 0.05) is 18.8 Å². The van der Waals surface area contributed by atoms with E-state index in [9.17, 15) is 19.8 Å². The fourth-order valence-corrected chi connectivity index (χ4v) is 14.1. The number of carbonyl (C=O) groups is 2. The lowest BCUT2D eigenvalue weighted by Crippen LogP contribution is -2.52. The van der Waals surface area contributed by atoms with Crippen LogP contribution in [0.1, 0.15) is 61.8 Å². The van der Waals surface area contributed by atoms with Crippen molar-refractivity contribution in [1.82, 2.24) is 10.2 Å². The molecule has 0 bridgehead atoms. The van der Waals surface area contributed by atoms with E-state index in [1.807, 2.05) is 71.3 Å². The summed E-state index contributed by atoms with van der Waals surface area (Å²) in [6.07, 6.45) is 4.28. The zero-order chi connectivity index (χ0) is 42.4. The van der Waals surface area contributed by atoms with E-state index in [2.05, 4.69) is 61.7 Å². The summed E-state index contributed by atoms with van der Waals surface area (Å²) >= 11 is 0. The summed E-state index contributed by atoms with van der Waals surface area (Å²) in [6, 6.07) is 30.3. The molecule has 11 heteroatoms. The first-order valence-electron chi connectivity index (χ1n) is 21.9. The SMILES string of the molecule is CCOc1ccc2c(c1)CC(NCCCCO)C(=O)N2c1ccc(CC[C@@H]2O[C@H](CC(=O)N3Cc4ccccc4C[C@H]3CO)[C@@H]([Si](C)(C)c3ccc(OC)cc3)[C@@H]2C)cc1. The van der Waals surface area contributed by atoms with Crippen molar-refractivity contribution in [2.75, 3.05) is 38.4 Å². The summed E-state index contributed by atoms with van der Waals surface area (Å²) in [5, 5.41) is 24.4. The number of nitrogens with zero attached hydrogens (tertiary/aromatic N) is 2. The third kappa shape index (κ3) is 9.35. The molecule has 3 aliphatic rings. The van der Waals surface area contributed by atoms with Crippen molar-refractivity contribution in [3.05, 3.63) is 113 Å². The van der Waals surface area contributed by atoms with Gasteiger partial charge in [-0.1, -0.05) is 73.7 Å². The number of unbranched alkanes of at least 4 members (excludes halogenated alkanes) is 1. The van der Waals surface area contributed by atoms with Gasteiger partial charge in [-0.2, -0.15) is 0 Å². The topological polar surface area (TPSA) is 121 Å². The molecule has 0 aliphatic carbocycles. The second kappa shape index (κ2) is 19.5. The van der Waals surface area contributed by atoms with Gasteiger partial charge in [-0.15, -0.1) is 0 Å². The van der Waals surface area contributed by atoms with Gasteiger partial charge in [-0.05, 0) is 128 Å². The highest BCUT2D eigenvalue weighted by Gasteiger charge is 2.51. The van der Waals surface area contributed by atoms with Crippen molar-refractivity contribution in [2.24, 2.45) is 5.92 Å². The van der Waals surface area contributed by atoms with Crippen LogP contribution in [-0.2, 0) is 40.1 Å².